The SMILES string of the molecule is C/C(=C/C(=O)[O-])C(=O)Nc1sc2c(c1C#N)CCCC2. The van der Waals surface area contributed by atoms with Crippen LogP contribution >= 0.6 is 11.3 Å². The van der Waals surface area contributed by atoms with Gasteiger partial charge in [0.15, 0.2) is 0 Å². The molecule has 5 nitrogen and oxygen atoms in total. The Morgan fingerprint density at radius 3 is 2.75 bits per heavy atom. The molecule has 104 valence electrons. The average molecular weight is 289 g/mol. The summed E-state index contributed by atoms with van der Waals surface area (Å²) in [6, 6.07) is 2.14. The number of carbonyl (C=O) groups excluding carboxylic acids is 2. The third kappa shape index (κ3) is 2.89. The summed E-state index contributed by atoms with van der Waals surface area (Å²) in [5.41, 5.74) is 1.58. The predicted octanol–water partition coefficient (Wildman–Crippen LogP) is 1.13. The van der Waals surface area contributed by atoms with Crippen molar-refractivity contribution in [2.75, 3.05) is 5.32 Å². The minimum atomic E-state index is -1.41. The van der Waals surface area contributed by atoms with Gasteiger partial charge in [0, 0.05) is 10.5 Å². The van der Waals surface area contributed by atoms with Crippen LogP contribution < -0.4 is 10.4 Å². The number of nitriles is 1. The number of aryl methyl sites for hydroxylation is 1. The quantitative estimate of drug-likeness (QED) is 0.844. The van der Waals surface area contributed by atoms with Crippen LogP contribution in [0.1, 0.15) is 35.8 Å². The first-order valence-corrected chi connectivity index (χ1v) is 7.10. The maximum Gasteiger partial charge on any atom is 0.251 e. The predicted molar refractivity (Wildman–Crippen MR) is 73.1 cm³/mol. The minimum absolute atomic E-state index is 0.0419. The Hall–Kier alpha value is -2.13. The fourth-order valence-corrected chi connectivity index (χ4v) is 3.45. The van der Waals surface area contributed by atoms with E-state index in [1.54, 1.807) is 0 Å². The smallest absolute Gasteiger partial charge is 0.251 e. The highest BCUT2D eigenvalue weighted by Gasteiger charge is 2.21. The number of amides is 1. The lowest BCUT2D eigenvalue weighted by molar-refractivity contribution is -0.297. The maximum absolute atomic E-state index is 11.9. The first-order valence-electron chi connectivity index (χ1n) is 6.28. The molecule has 0 fully saturated rings. The number of carboxylic acids is 1. The number of aliphatic carboxylic acids is 1. The summed E-state index contributed by atoms with van der Waals surface area (Å²) in [6.07, 6.45) is 4.68. The van der Waals surface area contributed by atoms with Crippen LogP contribution in [-0.4, -0.2) is 11.9 Å². The fraction of sp³-hybridized carbons (Fsp3) is 0.357. The van der Waals surface area contributed by atoms with Crippen LogP contribution in [0, 0.1) is 11.3 Å². The Kier molecular flexibility index (Phi) is 4.20. The monoisotopic (exact) mass is 289 g/mol. The molecule has 0 aliphatic heterocycles. The van der Waals surface area contributed by atoms with Gasteiger partial charge < -0.3 is 15.2 Å². The molecule has 1 amide bonds. The second-order valence-electron chi connectivity index (χ2n) is 4.63. The van der Waals surface area contributed by atoms with Gasteiger partial charge in [-0.15, -0.1) is 11.3 Å². The zero-order chi connectivity index (χ0) is 14.7. The summed E-state index contributed by atoms with van der Waals surface area (Å²) >= 11 is 1.41. The van der Waals surface area contributed by atoms with Crippen molar-refractivity contribution in [3.8, 4) is 6.07 Å². The Morgan fingerprint density at radius 2 is 2.10 bits per heavy atom. The molecule has 1 heterocycles. The number of carboxylic acid groups (broad SMARTS) is 1. The number of rotatable bonds is 3. The molecule has 1 N–H and O–H groups in total. The van der Waals surface area contributed by atoms with E-state index in [0.29, 0.717) is 10.6 Å². The number of fused-ring (bicyclic) bond motifs is 1. The third-order valence-electron chi connectivity index (χ3n) is 3.20. The summed E-state index contributed by atoms with van der Waals surface area (Å²) in [5, 5.41) is 22.8. The van der Waals surface area contributed by atoms with Crippen LogP contribution in [0.3, 0.4) is 0 Å². The molecule has 0 unspecified atom stereocenters. The average Bonchev–Trinajstić information content (AvgIpc) is 2.74. The standard InChI is InChI=1S/C14H14N2O3S/c1-8(6-12(17)18)13(19)16-14-10(7-15)9-4-2-3-5-11(9)20-14/h6H,2-5H2,1H3,(H,16,19)(H,17,18)/p-1/b8-6-. The molecule has 0 radical (unpaired) electrons. The van der Waals surface area contributed by atoms with E-state index < -0.39 is 11.9 Å². The summed E-state index contributed by atoms with van der Waals surface area (Å²) in [4.78, 5) is 23.4. The highest BCUT2D eigenvalue weighted by atomic mass is 32.1. The van der Waals surface area contributed by atoms with E-state index in [4.69, 9.17) is 0 Å². The van der Waals surface area contributed by atoms with E-state index in [1.807, 2.05) is 0 Å². The highest BCUT2D eigenvalue weighted by Crippen LogP contribution is 2.37. The van der Waals surface area contributed by atoms with Crippen LogP contribution in [-0.2, 0) is 22.4 Å². The zero-order valence-corrected chi connectivity index (χ0v) is 11.8. The van der Waals surface area contributed by atoms with Crippen molar-refractivity contribution in [2.45, 2.75) is 32.6 Å². The van der Waals surface area contributed by atoms with Gasteiger partial charge in [-0.3, -0.25) is 4.79 Å². The third-order valence-corrected chi connectivity index (χ3v) is 4.41. The number of carbonyl (C=O) groups is 2. The molecule has 0 saturated heterocycles. The van der Waals surface area contributed by atoms with Gasteiger partial charge in [0.05, 0.1) is 11.5 Å². The van der Waals surface area contributed by atoms with Crippen molar-refractivity contribution in [1.82, 2.24) is 0 Å². The lowest BCUT2D eigenvalue weighted by Gasteiger charge is -2.09. The molecule has 0 atom stereocenters. The number of thiophene rings is 1. The molecular weight excluding hydrogens is 276 g/mol. The number of nitrogens with one attached hydrogen (secondary N) is 1. The molecule has 1 aliphatic carbocycles. The van der Waals surface area contributed by atoms with Gasteiger partial charge in [-0.25, -0.2) is 0 Å². The van der Waals surface area contributed by atoms with Crippen molar-refractivity contribution >= 4 is 28.2 Å². The lowest BCUT2D eigenvalue weighted by atomic mass is 9.96. The number of anilines is 1. The van der Waals surface area contributed by atoms with Gasteiger partial charge in [0.2, 0.25) is 0 Å². The summed E-state index contributed by atoms with van der Waals surface area (Å²) < 4.78 is 0. The molecule has 1 aliphatic rings. The topological polar surface area (TPSA) is 93.0 Å². The second-order valence-corrected chi connectivity index (χ2v) is 5.73. The van der Waals surface area contributed by atoms with Crippen molar-refractivity contribution in [1.29, 1.82) is 5.26 Å². The first kappa shape index (κ1) is 14.3. The Morgan fingerprint density at radius 1 is 1.40 bits per heavy atom. The van der Waals surface area contributed by atoms with Crippen LogP contribution in [0.4, 0.5) is 5.00 Å². The molecule has 1 aromatic rings. The van der Waals surface area contributed by atoms with E-state index in [2.05, 4.69) is 11.4 Å². The van der Waals surface area contributed by atoms with E-state index in [9.17, 15) is 20.0 Å². The highest BCUT2D eigenvalue weighted by molar-refractivity contribution is 7.16. The van der Waals surface area contributed by atoms with Crippen molar-refractivity contribution in [3.63, 3.8) is 0 Å². The molecule has 0 saturated carbocycles. The van der Waals surface area contributed by atoms with Gasteiger partial charge in [0.25, 0.3) is 5.91 Å². The van der Waals surface area contributed by atoms with E-state index in [1.165, 1.54) is 18.3 Å². The molecule has 2 rings (SSSR count). The van der Waals surface area contributed by atoms with Gasteiger partial charge in [0.1, 0.15) is 11.1 Å². The first-order chi connectivity index (χ1) is 9.52. The van der Waals surface area contributed by atoms with E-state index in [-0.39, 0.29) is 5.57 Å². The summed E-state index contributed by atoms with van der Waals surface area (Å²) in [7, 11) is 0. The number of nitrogens with zero attached hydrogens (tertiary/aromatic N) is 1. The number of hydrogen-bond acceptors (Lipinski definition) is 5. The second kappa shape index (κ2) is 5.88. The van der Waals surface area contributed by atoms with Crippen LogP contribution in [0.5, 0.6) is 0 Å². The van der Waals surface area contributed by atoms with Gasteiger partial charge in [-0.2, -0.15) is 5.26 Å². The summed E-state index contributed by atoms with van der Waals surface area (Å²) in [5.74, 6) is -1.94. The molecule has 0 bridgehead atoms. The maximum atomic E-state index is 11.9. The zero-order valence-electron chi connectivity index (χ0n) is 11.0. The molecule has 20 heavy (non-hydrogen) atoms. The van der Waals surface area contributed by atoms with Crippen molar-refractivity contribution < 1.29 is 14.7 Å². The Labute approximate surface area is 120 Å². The van der Waals surface area contributed by atoms with Gasteiger partial charge >= 0.3 is 0 Å². The van der Waals surface area contributed by atoms with Crippen LogP contribution in [0.15, 0.2) is 11.6 Å². The lowest BCUT2D eigenvalue weighted by Crippen LogP contribution is -2.22. The Bertz CT molecular complexity index is 638. The fourth-order valence-electron chi connectivity index (χ4n) is 2.22. The van der Waals surface area contributed by atoms with E-state index in [0.717, 1.165) is 42.2 Å². The molecule has 1 aromatic heterocycles. The Balaban J connectivity index is 2.26. The van der Waals surface area contributed by atoms with Gasteiger partial charge in [-0.1, -0.05) is 0 Å². The largest absolute Gasteiger partial charge is 0.545 e. The molecule has 6 heteroatoms. The van der Waals surface area contributed by atoms with Crippen LogP contribution in [0.2, 0.25) is 0 Å². The van der Waals surface area contributed by atoms with Gasteiger partial charge in [-0.05, 0) is 44.2 Å². The van der Waals surface area contributed by atoms with Crippen molar-refractivity contribution in [2.24, 2.45) is 0 Å². The molecule has 0 aromatic carbocycles. The van der Waals surface area contributed by atoms with E-state index >= 15 is 0 Å². The minimum Gasteiger partial charge on any atom is -0.545 e. The number of hydrogen-bond donors (Lipinski definition) is 1. The normalized spacial score (nSPS) is 14.3. The van der Waals surface area contributed by atoms with Crippen LogP contribution in [0.25, 0.3) is 0 Å². The molecule has 0 spiro atoms. The van der Waals surface area contributed by atoms with Crippen molar-refractivity contribution in [3.05, 3.63) is 27.7 Å². The summed E-state index contributed by atoms with van der Waals surface area (Å²) in [6.45, 7) is 1.39. The molecular formula is C14H13N2O3S-.